The Morgan fingerprint density at radius 3 is 2.22 bits per heavy atom. The molecule has 1 aromatic rings. The van der Waals surface area contributed by atoms with Crippen LogP contribution in [0.1, 0.15) is 19.4 Å². The summed E-state index contributed by atoms with van der Waals surface area (Å²) in [6, 6.07) is 6.94. The van der Waals surface area contributed by atoms with Crippen LogP contribution in [0.2, 0.25) is 0 Å². The second kappa shape index (κ2) is 4.54. The van der Waals surface area contributed by atoms with Crippen LogP contribution in [0, 0.1) is 12.8 Å². The lowest BCUT2D eigenvalue weighted by molar-refractivity contribution is 0.343. The smallest absolute Gasteiger partial charge is 0.247 e. The summed E-state index contributed by atoms with van der Waals surface area (Å²) in [6.45, 7) is 5.89. The largest absolute Gasteiger partial charge is 0.339 e. The highest BCUT2D eigenvalue weighted by molar-refractivity contribution is 8.14. The Morgan fingerprint density at radius 1 is 1.28 bits per heavy atom. The van der Waals surface area contributed by atoms with Gasteiger partial charge in [-0.25, -0.2) is 8.42 Å². The van der Waals surface area contributed by atoms with Crippen molar-refractivity contribution in [2.45, 2.75) is 36.0 Å². The van der Waals surface area contributed by atoms with Crippen molar-refractivity contribution in [2.24, 2.45) is 5.92 Å². The predicted molar refractivity (Wildman–Crippen MR) is 74.3 cm³/mol. The van der Waals surface area contributed by atoms with E-state index < -0.39 is 14.1 Å². The molecule has 5 heteroatoms. The summed E-state index contributed by atoms with van der Waals surface area (Å²) in [5.74, 6) is 0.192. The first-order valence-corrected chi connectivity index (χ1v) is 8.60. The SMILES string of the molecule is CS[C@@]1(S(=O)(=O)c2ccc(C)cc2)O[C@H]1C(C)C. The molecule has 0 N–H and O–H groups in total. The van der Waals surface area contributed by atoms with Gasteiger partial charge in [0.25, 0.3) is 0 Å². The topological polar surface area (TPSA) is 46.7 Å². The quantitative estimate of drug-likeness (QED) is 0.799. The maximum absolute atomic E-state index is 12.6. The average molecular weight is 286 g/mol. The van der Waals surface area contributed by atoms with Gasteiger partial charge in [0.05, 0.1) is 4.90 Å². The monoisotopic (exact) mass is 286 g/mol. The van der Waals surface area contributed by atoms with Crippen molar-refractivity contribution in [3.05, 3.63) is 29.8 Å². The molecule has 1 aromatic carbocycles. The zero-order chi connectivity index (χ0) is 13.6. The number of rotatable bonds is 4. The van der Waals surface area contributed by atoms with Crippen LogP contribution in [-0.2, 0) is 14.6 Å². The van der Waals surface area contributed by atoms with Gasteiger partial charge in [0.2, 0.25) is 14.1 Å². The van der Waals surface area contributed by atoms with Crippen LogP contribution in [-0.4, -0.2) is 25.0 Å². The van der Waals surface area contributed by atoms with Crippen molar-refractivity contribution in [1.29, 1.82) is 0 Å². The number of thioether (sulfide) groups is 1. The molecule has 2 rings (SSSR count). The van der Waals surface area contributed by atoms with Crippen molar-refractivity contribution in [1.82, 2.24) is 0 Å². The van der Waals surface area contributed by atoms with Gasteiger partial charge in [-0.05, 0) is 31.2 Å². The lowest BCUT2D eigenvalue weighted by Gasteiger charge is -2.13. The van der Waals surface area contributed by atoms with Gasteiger partial charge in [0, 0.05) is 0 Å². The van der Waals surface area contributed by atoms with Gasteiger partial charge in [0.1, 0.15) is 6.10 Å². The maximum atomic E-state index is 12.6. The fraction of sp³-hybridized carbons (Fsp3) is 0.538. The van der Waals surface area contributed by atoms with Crippen molar-refractivity contribution >= 4 is 21.6 Å². The summed E-state index contributed by atoms with van der Waals surface area (Å²) in [5.41, 5.74) is 1.05. The first-order valence-electron chi connectivity index (χ1n) is 5.89. The van der Waals surface area contributed by atoms with E-state index in [4.69, 9.17) is 4.74 Å². The molecule has 0 bridgehead atoms. The fourth-order valence-corrected chi connectivity index (χ4v) is 5.56. The van der Waals surface area contributed by atoms with E-state index in [1.165, 1.54) is 11.8 Å². The molecule has 0 radical (unpaired) electrons. The summed E-state index contributed by atoms with van der Waals surface area (Å²) in [6.07, 6.45) is 1.56. The Bertz CT molecular complexity index is 534. The molecule has 1 aliphatic rings. The molecule has 0 aliphatic carbocycles. The number of aryl methyl sites for hydroxylation is 1. The number of ether oxygens (including phenoxy) is 1. The van der Waals surface area contributed by atoms with E-state index in [-0.39, 0.29) is 12.0 Å². The third-order valence-electron chi connectivity index (χ3n) is 3.18. The van der Waals surface area contributed by atoms with Crippen molar-refractivity contribution in [3.8, 4) is 0 Å². The highest BCUT2D eigenvalue weighted by Crippen LogP contribution is 2.55. The lowest BCUT2D eigenvalue weighted by atomic mass is 10.1. The zero-order valence-corrected chi connectivity index (χ0v) is 12.6. The van der Waals surface area contributed by atoms with Crippen molar-refractivity contribution in [2.75, 3.05) is 6.26 Å². The summed E-state index contributed by atoms with van der Waals surface area (Å²) in [4.78, 5) is 0.339. The van der Waals surface area contributed by atoms with Gasteiger partial charge in [-0.15, -0.1) is 11.8 Å². The summed E-state index contributed by atoms with van der Waals surface area (Å²) < 4.78 is 29.7. The number of sulfone groups is 1. The molecule has 0 unspecified atom stereocenters. The lowest BCUT2D eigenvalue weighted by Crippen LogP contribution is -2.26. The first-order chi connectivity index (χ1) is 8.35. The molecule has 100 valence electrons. The highest BCUT2D eigenvalue weighted by atomic mass is 32.3. The van der Waals surface area contributed by atoms with E-state index >= 15 is 0 Å². The molecular weight excluding hydrogens is 268 g/mol. The van der Waals surface area contributed by atoms with E-state index in [1.54, 1.807) is 18.4 Å². The molecule has 18 heavy (non-hydrogen) atoms. The van der Waals surface area contributed by atoms with E-state index in [0.29, 0.717) is 4.90 Å². The molecule has 0 spiro atoms. The molecule has 1 fully saturated rings. The third kappa shape index (κ3) is 1.98. The minimum Gasteiger partial charge on any atom is -0.339 e. The van der Waals surface area contributed by atoms with Crippen LogP contribution in [0.15, 0.2) is 29.2 Å². The molecule has 0 saturated carbocycles. The molecule has 0 amide bonds. The van der Waals surface area contributed by atoms with Gasteiger partial charge in [-0.2, -0.15) is 0 Å². The molecule has 1 aliphatic heterocycles. The minimum atomic E-state index is -3.45. The Balaban J connectivity index is 2.40. The highest BCUT2D eigenvalue weighted by Gasteiger charge is 2.67. The Kier molecular flexibility index (Phi) is 3.51. The molecule has 0 aromatic heterocycles. The summed E-state index contributed by atoms with van der Waals surface area (Å²) >= 11 is 1.27. The number of benzene rings is 1. The third-order valence-corrected chi connectivity index (χ3v) is 7.20. The van der Waals surface area contributed by atoms with E-state index in [0.717, 1.165) is 5.56 Å². The van der Waals surface area contributed by atoms with Gasteiger partial charge in [-0.1, -0.05) is 31.5 Å². The minimum absolute atomic E-state index is 0.192. The van der Waals surface area contributed by atoms with Crippen molar-refractivity contribution in [3.63, 3.8) is 0 Å². The van der Waals surface area contributed by atoms with Crippen LogP contribution < -0.4 is 0 Å². The van der Waals surface area contributed by atoms with E-state index in [9.17, 15) is 8.42 Å². The summed E-state index contributed by atoms with van der Waals surface area (Å²) in [5, 5.41) is 0. The Morgan fingerprint density at radius 2 is 1.83 bits per heavy atom. The van der Waals surface area contributed by atoms with Crippen LogP contribution >= 0.6 is 11.8 Å². The van der Waals surface area contributed by atoms with Crippen LogP contribution in [0.5, 0.6) is 0 Å². The fourth-order valence-electron chi connectivity index (χ4n) is 2.06. The van der Waals surface area contributed by atoms with Crippen LogP contribution in [0.25, 0.3) is 0 Å². The maximum Gasteiger partial charge on any atom is 0.247 e. The predicted octanol–water partition coefficient (Wildman–Crippen LogP) is 2.84. The number of hydrogen-bond donors (Lipinski definition) is 0. The normalized spacial score (nSPS) is 27.5. The molecule has 3 nitrogen and oxygen atoms in total. The molecule has 2 atom stereocenters. The average Bonchev–Trinajstić information content (AvgIpc) is 3.06. The Labute approximate surface area is 113 Å². The van der Waals surface area contributed by atoms with Gasteiger partial charge in [-0.3, -0.25) is 0 Å². The number of hydrogen-bond acceptors (Lipinski definition) is 4. The second-order valence-corrected chi connectivity index (χ2v) is 8.26. The van der Waals surface area contributed by atoms with E-state index in [2.05, 4.69) is 0 Å². The zero-order valence-electron chi connectivity index (χ0n) is 11.0. The van der Waals surface area contributed by atoms with Crippen molar-refractivity contribution < 1.29 is 13.2 Å². The van der Waals surface area contributed by atoms with Gasteiger partial charge >= 0.3 is 0 Å². The molecule has 1 saturated heterocycles. The Hall–Kier alpha value is -0.520. The van der Waals surface area contributed by atoms with E-state index in [1.807, 2.05) is 32.9 Å². The summed E-state index contributed by atoms with van der Waals surface area (Å²) in [7, 11) is -3.45. The molecule has 1 heterocycles. The standard InChI is InChI=1S/C13H18O3S2/c1-9(2)12-13(16-12,17-4)18(14,15)11-7-5-10(3)6-8-11/h5-9,12H,1-4H3/t12-,13-/m0/s1. The molecular formula is C13H18O3S2. The van der Waals surface area contributed by atoms with Gasteiger partial charge in [0.15, 0.2) is 0 Å². The second-order valence-electron chi connectivity index (χ2n) is 4.91. The van der Waals surface area contributed by atoms with Crippen LogP contribution in [0.3, 0.4) is 0 Å². The van der Waals surface area contributed by atoms with Gasteiger partial charge < -0.3 is 4.74 Å². The number of epoxide rings is 1. The first kappa shape index (κ1) is 13.9. The van der Waals surface area contributed by atoms with Crippen LogP contribution in [0.4, 0.5) is 0 Å².